The lowest BCUT2D eigenvalue weighted by Crippen LogP contribution is -2.42. The fraction of sp³-hybridized carbons (Fsp3) is 1.00. The molecule has 5 nitrogen and oxygen atoms in total. The van der Waals surface area contributed by atoms with Gasteiger partial charge in [0.1, 0.15) is 6.54 Å². The zero-order chi connectivity index (χ0) is 13.1. The highest BCUT2D eigenvalue weighted by Crippen LogP contribution is 2.23. The van der Waals surface area contributed by atoms with Crippen LogP contribution in [0.5, 0.6) is 0 Å². The molecule has 0 aromatic rings. The summed E-state index contributed by atoms with van der Waals surface area (Å²) in [6, 6.07) is 0.0626. The van der Waals surface area contributed by atoms with Gasteiger partial charge in [-0.3, -0.25) is 0 Å². The smallest absolute Gasteiger partial charge is 0.328 e. The molecule has 9 heteroatoms. The summed E-state index contributed by atoms with van der Waals surface area (Å²) in [6.07, 6.45) is -2.24. The number of hydrogen-bond acceptors (Lipinski definition) is 3. The van der Waals surface area contributed by atoms with Gasteiger partial charge in [-0.05, 0) is 25.2 Å². The van der Waals surface area contributed by atoms with Crippen LogP contribution in [-0.2, 0) is 10.2 Å². The average molecular weight is 275 g/mol. The van der Waals surface area contributed by atoms with Crippen molar-refractivity contribution in [3.8, 4) is 0 Å². The Morgan fingerprint density at radius 1 is 1.24 bits per heavy atom. The van der Waals surface area contributed by atoms with Gasteiger partial charge >= 0.3 is 6.18 Å². The van der Waals surface area contributed by atoms with Gasteiger partial charge in [-0.2, -0.15) is 26.3 Å². The lowest BCUT2D eigenvalue weighted by atomic mass is 10.1. The average Bonchev–Trinajstić information content (AvgIpc) is 2.58. The largest absolute Gasteiger partial charge is 0.402 e. The molecule has 0 amide bonds. The fourth-order valence-electron chi connectivity index (χ4n) is 1.75. The van der Waals surface area contributed by atoms with Gasteiger partial charge < -0.3 is 5.73 Å². The van der Waals surface area contributed by atoms with Crippen LogP contribution in [0.4, 0.5) is 13.2 Å². The second-order valence-corrected chi connectivity index (χ2v) is 5.81. The Morgan fingerprint density at radius 3 is 2.35 bits per heavy atom. The highest BCUT2D eigenvalue weighted by molar-refractivity contribution is 7.87. The van der Waals surface area contributed by atoms with Gasteiger partial charge in [0.2, 0.25) is 0 Å². The van der Waals surface area contributed by atoms with E-state index in [-0.39, 0.29) is 18.5 Å². The molecule has 0 radical (unpaired) electrons. The van der Waals surface area contributed by atoms with Crippen LogP contribution in [0.1, 0.15) is 19.3 Å². The van der Waals surface area contributed by atoms with Gasteiger partial charge in [0, 0.05) is 12.6 Å². The van der Waals surface area contributed by atoms with Crippen LogP contribution in [0.3, 0.4) is 0 Å². The van der Waals surface area contributed by atoms with Crippen LogP contribution < -0.4 is 15.2 Å². The van der Waals surface area contributed by atoms with Crippen molar-refractivity contribution in [3.63, 3.8) is 0 Å². The molecule has 0 heterocycles. The summed E-state index contributed by atoms with van der Waals surface area (Å²) in [6.45, 7) is -1.44. The fourth-order valence-corrected chi connectivity index (χ4v) is 2.67. The Kier molecular flexibility index (Phi) is 4.76. The van der Waals surface area contributed by atoms with Gasteiger partial charge in [-0.1, -0.05) is 0 Å². The Hall–Kier alpha value is -0.380. The second-order valence-electron chi connectivity index (χ2n) is 4.23. The first-order valence-corrected chi connectivity index (χ1v) is 6.73. The minimum atomic E-state index is -4.55. The molecule has 1 aliphatic rings. The van der Waals surface area contributed by atoms with E-state index in [2.05, 4.69) is 4.72 Å². The van der Waals surface area contributed by atoms with E-state index in [1.807, 2.05) is 0 Å². The van der Waals surface area contributed by atoms with Crippen molar-refractivity contribution in [2.24, 2.45) is 11.7 Å². The summed E-state index contributed by atoms with van der Waals surface area (Å²) in [4.78, 5) is 0. The normalized spacial score (nSPS) is 26.4. The molecule has 1 rings (SSSR count). The van der Waals surface area contributed by atoms with Crippen molar-refractivity contribution in [2.45, 2.75) is 31.5 Å². The Labute approximate surface area is 98.1 Å². The predicted molar refractivity (Wildman–Crippen MR) is 56.3 cm³/mol. The number of halogens is 3. The molecule has 2 unspecified atom stereocenters. The van der Waals surface area contributed by atoms with E-state index in [4.69, 9.17) is 5.73 Å². The van der Waals surface area contributed by atoms with Crippen LogP contribution >= 0.6 is 0 Å². The maximum Gasteiger partial charge on any atom is 0.402 e. The summed E-state index contributed by atoms with van der Waals surface area (Å²) in [5, 5.41) is 0. The van der Waals surface area contributed by atoms with E-state index < -0.39 is 22.9 Å². The standard InChI is InChI=1S/C8H16F3N3O2S/c9-8(10,11)5-14-17(15,16)13-4-6-1-2-7(12)3-6/h6-7,13-14H,1-5,12H2. The SMILES string of the molecule is NC1CCC(CNS(=O)(=O)NCC(F)(F)F)C1. The topological polar surface area (TPSA) is 84.2 Å². The second kappa shape index (κ2) is 5.51. The Morgan fingerprint density at radius 2 is 1.88 bits per heavy atom. The quantitative estimate of drug-likeness (QED) is 0.665. The van der Waals surface area contributed by atoms with E-state index in [0.717, 1.165) is 12.8 Å². The number of nitrogens with two attached hydrogens (primary N) is 1. The van der Waals surface area contributed by atoms with Crippen molar-refractivity contribution in [3.05, 3.63) is 0 Å². The van der Waals surface area contributed by atoms with Crippen LogP contribution in [-0.4, -0.2) is 33.7 Å². The molecule has 2 atom stereocenters. The number of alkyl halides is 3. The van der Waals surface area contributed by atoms with Crippen LogP contribution in [0, 0.1) is 5.92 Å². The molecule has 1 fully saturated rings. The summed E-state index contributed by atoms with van der Waals surface area (Å²) in [5.41, 5.74) is 5.64. The minimum Gasteiger partial charge on any atom is -0.328 e. The van der Waals surface area contributed by atoms with Crippen LogP contribution in [0.2, 0.25) is 0 Å². The van der Waals surface area contributed by atoms with Crippen LogP contribution in [0.15, 0.2) is 0 Å². The van der Waals surface area contributed by atoms with E-state index in [9.17, 15) is 21.6 Å². The van der Waals surface area contributed by atoms with Crippen LogP contribution in [0.25, 0.3) is 0 Å². The molecule has 102 valence electrons. The number of hydrogen-bond donors (Lipinski definition) is 3. The minimum absolute atomic E-state index is 0.0626. The maximum absolute atomic E-state index is 11.8. The lowest BCUT2D eigenvalue weighted by molar-refractivity contribution is -0.121. The lowest BCUT2D eigenvalue weighted by Gasteiger charge is -2.13. The summed E-state index contributed by atoms with van der Waals surface area (Å²) in [7, 11) is -4.08. The molecule has 0 spiro atoms. The molecule has 4 N–H and O–H groups in total. The van der Waals surface area contributed by atoms with E-state index in [1.165, 1.54) is 4.72 Å². The van der Waals surface area contributed by atoms with Crippen molar-refractivity contribution >= 4 is 10.2 Å². The monoisotopic (exact) mass is 275 g/mol. The van der Waals surface area contributed by atoms with Gasteiger partial charge in [0.25, 0.3) is 10.2 Å². The van der Waals surface area contributed by atoms with Gasteiger partial charge in [-0.25, -0.2) is 4.72 Å². The number of nitrogens with one attached hydrogen (secondary N) is 2. The molecule has 0 aromatic heterocycles. The first kappa shape index (κ1) is 14.7. The summed E-state index contributed by atoms with van der Waals surface area (Å²) >= 11 is 0. The first-order chi connectivity index (χ1) is 7.68. The first-order valence-electron chi connectivity index (χ1n) is 5.24. The van der Waals surface area contributed by atoms with Gasteiger partial charge in [0.05, 0.1) is 0 Å². The summed E-state index contributed by atoms with van der Waals surface area (Å²) < 4.78 is 61.3. The van der Waals surface area contributed by atoms with Crippen molar-refractivity contribution in [1.29, 1.82) is 0 Å². The van der Waals surface area contributed by atoms with Gasteiger partial charge in [0.15, 0.2) is 0 Å². The van der Waals surface area contributed by atoms with E-state index in [0.29, 0.717) is 6.42 Å². The Bertz CT molecular complexity index is 344. The van der Waals surface area contributed by atoms with Crippen molar-refractivity contribution in [1.82, 2.24) is 9.44 Å². The molecular formula is C8H16F3N3O2S. The summed E-state index contributed by atoms with van der Waals surface area (Å²) in [5.74, 6) is 0.104. The molecule has 1 aliphatic carbocycles. The van der Waals surface area contributed by atoms with Gasteiger partial charge in [-0.15, -0.1) is 0 Å². The van der Waals surface area contributed by atoms with Crippen molar-refractivity contribution in [2.75, 3.05) is 13.1 Å². The predicted octanol–water partition coefficient (Wildman–Crippen LogP) is 0.100. The van der Waals surface area contributed by atoms with Crippen molar-refractivity contribution < 1.29 is 21.6 Å². The molecule has 0 aromatic carbocycles. The number of rotatable bonds is 5. The zero-order valence-electron chi connectivity index (χ0n) is 9.13. The molecule has 0 bridgehead atoms. The highest BCUT2D eigenvalue weighted by atomic mass is 32.2. The van der Waals surface area contributed by atoms with E-state index in [1.54, 1.807) is 0 Å². The third-order valence-corrected chi connectivity index (χ3v) is 3.68. The molecule has 17 heavy (non-hydrogen) atoms. The molecule has 0 saturated heterocycles. The maximum atomic E-state index is 11.8. The molecule has 1 saturated carbocycles. The molecule has 0 aliphatic heterocycles. The molecular weight excluding hydrogens is 259 g/mol. The zero-order valence-corrected chi connectivity index (χ0v) is 9.94. The van der Waals surface area contributed by atoms with E-state index >= 15 is 0 Å². The third kappa shape index (κ3) is 6.20. The third-order valence-electron chi connectivity index (χ3n) is 2.61. The highest BCUT2D eigenvalue weighted by Gasteiger charge is 2.30. The Balaban J connectivity index is 2.30.